The molecule has 1 aromatic carbocycles. The summed E-state index contributed by atoms with van der Waals surface area (Å²) in [6, 6.07) is 10.4. The van der Waals surface area contributed by atoms with E-state index in [1.807, 2.05) is 17.8 Å². The third kappa shape index (κ3) is 6.97. The molecule has 0 saturated heterocycles. The topological polar surface area (TPSA) is 41.5 Å². The van der Waals surface area contributed by atoms with E-state index < -0.39 is 0 Å². The summed E-state index contributed by atoms with van der Waals surface area (Å²) in [5.74, 6) is 1.78. The average Bonchev–Trinajstić information content (AvgIpc) is 3.24. The molecular formula is C15H23NO2S. The lowest BCUT2D eigenvalue weighted by Gasteiger charge is -2.12. The van der Waals surface area contributed by atoms with E-state index in [-0.39, 0.29) is 6.10 Å². The first-order valence-corrected chi connectivity index (χ1v) is 7.97. The molecule has 1 aliphatic rings. The second-order valence-electron chi connectivity index (χ2n) is 5.00. The summed E-state index contributed by atoms with van der Waals surface area (Å²) in [5, 5.41) is 13.0. The van der Waals surface area contributed by atoms with Gasteiger partial charge >= 0.3 is 0 Å². The smallest absolute Gasteiger partial charge is 0.0897 e. The maximum absolute atomic E-state index is 9.70. The molecule has 1 aliphatic carbocycles. The third-order valence-electron chi connectivity index (χ3n) is 3.03. The largest absolute Gasteiger partial charge is 0.389 e. The number of ether oxygens (including phenoxy) is 1. The van der Waals surface area contributed by atoms with Crippen LogP contribution in [0.2, 0.25) is 0 Å². The van der Waals surface area contributed by atoms with Gasteiger partial charge in [-0.25, -0.2) is 0 Å². The first kappa shape index (κ1) is 14.9. The Bertz CT molecular complexity index is 343. The van der Waals surface area contributed by atoms with Crippen LogP contribution in [0.15, 0.2) is 35.2 Å². The number of hydrogen-bond acceptors (Lipinski definition) is 4. The molecule has 3 nitrogen and oxygen atoms in total. The fourth-order valence-electron chi connectivity index (χ4n) is 1.74. The van der Waals surface area contributed by atoms with Crippen LogP contribution in [0.25, 0.3) is 0 Å². The Morgan fingerprint density at radius 3 is 2.84 bits per heavy atom. The van der Waals surface area contributed by atoms with Crippen molar-refractivity contribution in [1.82, 2.24) is 5.32 Å². The molecule has 0 spiro atoms. The van der Waals surface area contributed by atoms with Crippen molar-refractivity contribution in [3.63, 3.8) is 0 Å². The van der Waals surface area contributed by atoms with Gasteiger partial charge in [0.25, 0.3) is 0 Å². The zero-order valence-electron chi connectivity index (χ0n) is 11.3. The molecule has 0 radical (unpaired) electrons. The van der Waals surface area contributed by atoms with Gasteiger partial charge in [-0.2, -0.15) is 0 Å². The normalized spacial score (nSPS) is 16.5. The van der Waals surface area contributed by atoms with Gasteiger partial charge in [0, 0.05) is 30.3 Å². The van der Waals surface area contributed by atoms with Crippen LogP contribution in [0.3, 0.4) is 0 Å². The fraction of sp³-hybridized carbons (Fsp3) is 0.600. The van der Waals surface area contributed by atoms with Crippen LogP contribution in [0, 0.1) is 5.92 Å². The molecule has 0 amide bonds. The average molecular weight is 281 g/mol. The van der Waals surface area contributed by atoms with Crippen molar-refractivity contribution >= 4 is 11.8 Å². The first-order valence-electron chi connectivity index (χ1n) is 6.99. The molecule has 0 aliphatic heterocycles. The van der Waals surface area contributed by atoms with Gasteiger partial charge in [-0.15, -0.1) is 11.8 Å². The van der Waals surface area contributed by atoms with Crippen LogP contribution in [0.4, 0.5) is 0 Å². The molecule has 2 N–H and O–H groups in total. The van der Waals surface area contributed by atoms with E-state index in [4.69, 9.17) is 4.74 Å². The van der Waals surface area contributed by atoms with E-state index in [1.54, 1.807) is 0 Å². The van der Waals surface area contributed by atoms with E-state index in [1.165, 1.54) is 17.7 Å². The van der Waals surface area contributed by atoms with E-state index in [0.717, 1.165) is 24.8 Å². The number of aliphatic hydroxyl groups excluding tert-OH is 1. The van der Waals surface area contributed by atoms with E-state index in [9.17, 15) is 5.11 Å². The second-order valence-corrected chi connectivity index (χ2v) is 6.17. The highest BCUT2D eigenvalue weighted by atomic mass is 32.2. The molecule has 1 saturated carbocycles. The van der Waals surface area contributed by atoms with Crippen LogP contribution in [0.1, 0.15) is 12.8 Å². The van der Waals surface area contributed by atoms with Crippen molar-refractivity contribution in [3.8, 4) is 0 Å². The van der Waals surface area contributed by atoms with Crippen molar-refractivity contribution < 1.29 is 9.84 Å². The highest BCUT2D eigenvalue weighted by molar-refractivity contribution is 7.99. The van der Waals surface area contributed by atoms with Gasteiger partial charge in [-0.1, -0.05) is 18.2 Å². The Hall–Kier alpha value is -0.550. The van der Waals surface area contributed by atoms with Gasteiger partial charge in [-0.3, -0.25) is 0 Å². The van der Waals surface area contributed by atoms with Crippen LogP contribution >= 0.6 is 11.8 Å². The lowest BCUT2D eigenvalue weighted by molar-refractivity contribution is 0.0328. The summed E-state index contributed by atoms with van der Waals surface area (Å²) in [6.07, 6.45) is 2.20. The number of benzene rings is 1. The van der Waals surface area contributed by atoms with Crippen LogP contribution in [0.5, 0.6) is 0 Å². The molecule has 0 aromatic heterocycles. The van der Waals surface area contributed by atoms with E-state index >= 15 is 0 Å². The minimum absolute atomic E-state index is 0.388. The van der Waals surface area contributed by atoms with Crippen molar-refractivity contribution in [1.29, 1.82) is 0 Å². The van der Waals surface area contributed by atoms with Crippen LogP contribution in [-0.4, -0.2) is 43.3 Å². The molecule has 0 bridgehead atoms. The third-order valence-corrected chi connectivity index (χ3v) is 4.05. The summed E-state index contributed by atoms with van der Waals surface area (Å²) in [4.78, 5) is 1.29. The molecule has 1 aromatic rings. The van der Waals surface area contributed by atoms with Gasteiger partial charge in [0.15, 0.2) is 0 Å². The number of nitrogens with one attached hydrogen (secondary N) is 1. The number of rotatable bonds is 10. The van der Waals surface area contributed by atoms with E-state index in [2.05, 4.69) is 29.6 Å². The van der Waals surface area contributed by atoms with Gasteiger partial charge in [0.2, 0.25) is 0 Å². The Balaban J connectivity index is 1.42. The molecule has 2 rings (SSSR count). The second kappa shape index (κ2) is 8.59. The Kier molecular flexibility index (Phi) is 6.71. The monoisotopic (exact) mass is 281 g/mol. The summed E-state index contributed by atoms with van der Waals surface area (Å²) in [7, 11) is 0. The predicted molar refractivity (Wildman–Crippen MR) is 79.6 cm³/mol. The molecule has 1 fully saturated rings. The Labute approximate surface area is 119 Å². The highest BCUT2D eigenvalue weighted by Gasteiger charge is 2.21. The maximum atomic E-state index is 9.70. The number of aliphatic hydroxyl groups is 1. The highest BCUT2D eigenvalue weighted by Crippen LogP contribution is 2.28. The summed E-state index contributed by atoms with van der Waals surface area (Å²) >= 11 is 1.83. The van der Waals surface area contributed by atoms with Gasteiger partial charge in [0.05, 0.1) is 12.7 Å². The molecule has 0 heterocycles. The zero-order chi connectivity index (χ0) is 13.3. The fourth-order valence-corrected chi connectivity index (χ4v) is 2.57. The summed E-state index contributed by atoms with van der Waals surface area (Å²) in [6.45, 7) is 2.79. The van der Waals surface area contributed by atoms with Crippen LogP contribution < -0.4 is 5.32 Å². The lowest BCUT2D eigenvalue weighted by Crippen LogP contribution is -2.31. The molecule has 1 atom stereocenters. The number of hydrogen-bond donors (Lipinski definition) is 2. The zero-order valence-corrected chi connectivity index (χ0v) is 12.1. The first-order chi connectivity index (χ1) is 9.34. The van der Waals surface area contributed by atoms with E-state index in [0.29, 0.717) is 13.2 Å². The van der Waals surface area contributed by atoms with Gasteiger partial charge < -0.3 is 15.2 Å². The molecular weight excluding hydrogens is 258 g/mol. The standard InChI is InChI=1S/C15H23NO2S/c17-14(12-18-11-13-6-7-13)10-16-8-9-19-15-4-2-1-3-5-15/h1-5,13-14,16-17H,6-12H2. The summed E-state index contributed by atoms with van der Waals surface area (Å²) in [5.41, 5.74) is 0. The quantitative estimate of drug-likeness (QED) is 0.509. The minimum Gasteiger partial charge on any atom is -0.389 e. The summed E-state index contributed by atoms with van der Waals surface area (Å²) < 4.78 is 5.45. The molecule has 1 unspecified atom stereocenters. The molecule has 106 valence electrons. The minimum atomic E-state index is -0.388. The maximum Gasteiger partial charge on any atom is 0.0897 e. The molecule has 4 heteroatoms. The Morgan fingerprint density at radius 1 is 1.32 bits per heavy atom. The van der Waals surface area contributed by atoms with Crippen molar-refractivity contribution in [2.75, 3.05) is 32.1 Å². The number of thioether (sulfide) groups is 1. The Morgan fingerprint density at radius 2 is 2.11 bits per heavy atom. The van der Waals surface area contributed by atoms with Crippen molar-refractivity contribution in [2.24, 2.45) is 5.92 Å². The van der Waals surface area contributed by atoms with Crippen molar-refractivity contribution in [2.45, 2.75) is 23.8 Å². The van der Waals surface area contributed by atoms with Crippen LogP contribution in [-0.2, 0) is 4.74 Å². The van der Waals surface area contributed by atoms with Gasteiger partial charge in [-0.05, 0) is 30.9 Å². The van der Waals surface area contributed by atoms with Gasteiger partial charge in [0.1, 0.15) is 0 Å². The SMILES string of the molecule is OC(CNCCSc1ccccc1)COCC1CC1. The van der Waals surface area contributed by atoms with Crippen molar-refractivity contribution in [3.05, 3.63) is 30.3 Å². The lowest BCUT2D eigenvalue weighted by atomic mass is 10.3. The molecule has 19 heavy (non-hydrogen) atoms. The predicted octanol–water partition coefficient (Wildman–Crippen LogP) is 2.16.